The summed E-state index contributed by atoms with van der Waals surface area (Å²) < 4.78 is 9.09. The number of nitrogens with one attached hydrogen (secondary N) is 1. The van der Waals surface area contributed by atoms with Gasteiger partial charge in [0.2, 0.25) is 0 Å². The molecule has 35 heavy (non-hydrogen) atoms. The molecule has 0 amide bonds. The van der Waals surface area contributed by atoms with Crippen molar-refractivity contribution in [2.24, 2.45) is 0 Å². The number of aromatic amines is 1. The quantitative estimate of drug-likeness (QED) is 0.408. The van der Waals surface area contributed by atoms with Crippen LogP contribution in [0.4, 0.5) is 11.6 Å². The molecular weight excluding hydrogens is 444 g/mol. The van der Waals surface area contributed by atoms with Gasteiger partial charge in [0.25, 0.3) is 5.56 Å². The molecule has 0 atom stereocenters. The molecule has 1 N–H and O–H groups in total. The fraction of sp³-hybridized carbons (Fsp3) is 0.240. The summed E-state index contributed by atoms with van der Waals surface area (Å²) in [5.74, 6) is 1.61. The van der Waals surface area contributed by atoms with Gasteiger partial charge >= 0.3 is 0 Å². The maximum absolute atomic E-state index is 12.0. The molecule has 6 rings (SSSR count). The average molecular weight is 469 g/mol. The van der Waals surface area contributed by atoms with Crippen molar-refractivity contribution in [2.75, 3.05) is 18.6 Å². The van der Waals surface area contributed by atoms with Crippen LogP contribution in [0.2, 0.25) is 0 Å². The van der Waals surface area contributed by atoms with Gasteiger partial charge in [-0.15, -0.1) is 0 Å². The molecule has 10 heteroatoms. The monoisotopic (exact) mass is 468 g/mol. The van der Waals surface area contributed by atoms with Gasteiger partial charge in [-0.3, -0.25) is 14.6 Å². The predicted molar refractivity (Wildman–Crippen MR) is 131 cm³/mol. The molecule has 0 saturated heterocycles. The van der Waals surface area contributed by atoms with Crippen molar-refractivity contribution in [3.8, 4) is 0 Å². The molecule has 176 valence electrons. The van der Waals surface area contributed by atoms with E-state index in [0.717, 1.165) is 45.8 Å². The van der Waals surface area contributed by atoms with Crippen LogP contribution < -0.4 is 10.5 Å². The molecule has 1 aliphatic heterocycles. The number of hydrogen-bond donors (Lipinski definition) is 1. The first-order chi connectivity index (χ1) is 17.2. The SMILES string of the molecule is CN(c1n[nH]c2c1CCOC2)c1ncnc2nn(Cc3ccc(Cn4ccccc4=O)cc3)cc12. The first-order valence-electron chi connectivity index (χ1n) is 11.4. The third-order valence-corrected chi connectivity index (χ3v) is 6.27. The summed E-state index contributed by atoms with van der Waals surface area (Å²) in [5.41, 5.74) is 4.97. The molecule has 0 unspecified atom stereocenters. The van der Waals surface area contributed by atoms with Gasteiger partial charge in [0.1, 0.15) is 12.1 Å². The lowest BCUT2D eigenvalue weighted by atomic mass is 10.1. The minimum atomic E-state index is -0.00891. The Morgan fingerprint density at radius 3 is 2.71 bits per heavy atom. The van der Waals surface area contributed by atoms with Crippen LogP contribution in [0.1, 0.15) is 22.4 Å². The highest BCUT2D eigenvalue weighted by Crippen LogP contribution is 2.31. The Hall–Kier alpha value is -4.31. The second-order valence-electron chi connectivity index (χ2n) is 8.61. The molecule has 0 saturated carbocycles. The van der Waals surface area contributed by atoms with E-state index in [-0.39, 0.29) is 5.56 Å². The summed E-state index contributed by atoms with van der Waals surface area (Å²) in [6.07, 6.45) is 6.12. The van der Waals surface area contributed by atoms with E-state index >= 15 is 0 Å². The largest absolute Gasteiger partial charge is 0.375 e. The number of pyridine rings is 1. The van der Waals surface area contributed by atoms with Crippen LogP contribution >= 0.6 is 0 Å². The maximum Gasteiger partial charge on any atom is 0.250 e. The van der Waals surface area contributed by atoms with Crippen LogP contribution in [0.5, 0.6) is 0 Å². The highest BCUT2D eigenvalue weighted by atomic mass is 16.5. The lowest BCUT2D eigenvalue weighted by Gasteiger charge is -2.19. The van der Waals surface area contributed by atoms with E-state index in [0.29, 0.717) is 32.0 Å². The van der Waals surface area contributed by atoms with Crippen molar-refractivity contribution in [1.29, 1.82) is 0 Å². The molecule has 4 aromatic heterocycles. The van der Waals surface area contributed by atoms with E-state index in [1.54, 1.807) is 22.9 Å². The topological polar surface area (TPSA) is 107 Å². The number of ether oxygens (including phenoxy) is 1. The number of hydrogen-bond acceptors (Lipinski definition) is 7. The van der Waals surface area contributed by atoms with Gasteiger partial charge in [0, 0.05) is 37.5 Å². The molecule has 10 nitrogen and oxygen atoms in total. The molecule has 0 bridgehead atoms. The number of rotatable bonds is 6. The van der Waals surface area contributed by atoms with Crippen LogP contribution in [0.3, 0.4) is 0 Å². The van der Waals surface area contributed by atoms with Gasteiger partial charge in [-0.1, -0.05) is 30.3 Å². The molecule has 0 spiro atoms. The van der Waals surface area contributed by atoms with Crippen LogP contribution in [0.25, 0.3) is 11.0 Å². The number of aromatic nitrogens is 7. The molecule has 0 radical (unpaired) electrons. The molecule has 0 fully saturated rings. The van der Waals surface area contributed by atoms with Crippen LogP contribution in [0.15, 0.2) is 66.0 Å². The first kappa shape index (κ1) is 21.2. The predicted octanol–water partition coefficient (Wildman–Crippen LogP) is 2.65. The lowest BCUT2D eigenvalue weighted by Crippen LogP contribution is -2.18. The Kier molecular flexibility index (Phi) is 5.34. The Labute approximate surface area is 200 Å². The van der Waals surface area contributed by atoms with Gasteiger partial charge < -0.3 is 14.2 Å². The van der Waals surface area contributed by atoms with Gasteiger partial charge in [-0.05, 0) is 17.2 Å². The summed E-state index contributed by atoms with van der Waals surface area (Å²) in [6.45, 7) is 2.37. The second kappa shape index (κ2) is 8.80. The highest BCUT2D eigenvalue weighted by Gasteiger charge is 2.23. The Bertz CT molecular complexity index is 1550. The smallest absolute Gasteiger partial charge is 0.250 e. The molecule has 5 aromatic rings. The highest BCUT2D eigenvalue weighted by molar-refractivity contribution is 5.88. The third kappa shape index (κ3) is 4.08. The Morgan fingerprint density at radius 1 is 1.06 bits per heavy atom. The van der Waals surface area contributed by atoms with E-state index in [4.69, 9.17) is 4.74 Å². The zero-order valence-electron chi connectivity index (χ0n) is 19.3. The molecule has 5 heterocycles. The second-order valence-corrected chi connectivity index (χ2v) is 8.61. The fourth-order valence-electron chi connectivity index (χ4n) is 4.44. The average Bonchev–Trinajstić information content (AvgIpc) is 3.50. The summed E-state index contributed by atoms with van der Waals surface area (Å²) in [5, 5.41) is 13.1. The Morgan fingerprint density at radius 2 is 1.89 bits per heavy atom. The van der Waals surface area contributed by atoms with Crippen LogP contribution in [-0.4, -0.2) is 48.2 Å². The molecule has 1 aliphatic rings. The van der Waals surface area contributed by atoms with Gasteiger partial charge in [-0.25, -0.2) is 9.97 Å². The minimum Gasteiger partial charge on any atom is -0.375 e. The zero-order chi connectivity index (χ0) is 23.8. The Balaban J connectivity index is 1.24. The lowest BCUT2D eigenvalue weighted by molar-refractivity contribution is 0.108. The summed E-state index contributed by atoms with van der Waals surface area (Å²) in [6, 6.07) is 13.4. The zero-order valence-corrected chi connectivity index (χ0v) is 19.3. The van der Waals surface area contributed by atoms with Gasteiger partial charge in [-0.2, -0.15) is 10.2 Å². The number of nitrogens with zero attached hydrogens (tertiary/aromatic N) is 7. The molecular formula is C25H24N8O2. The van der Waals surface area contributed by atoms with Crippen LogP contribution in [-0.2, 0) is 30.9 Å². The van der Waals surface area contributed by atoms with Gasteiger partial charge in [0.05, 0.1) is 37.4 Å². The van der Waals surface area contributed by atoms with Crippen molar-refractivity contribution in [3.05, 3.63) is 93.9 Å². The third-order valence-electron chi connectivity index (χ3n) is 6.27. The number of H-pyrrole nitrogens is 1. The number of anilines is 2. The van der Waals surface area contributed by atoms with Crippen molar-refractivity contribution < 1.29 is 4.74 Å². The van der Waals surface area contributed by atoms with E-state index in [1.807, 2.05) is 41.0 Å². The summed E-state index contributed by atoms with van der Waals surface area (Å²) in [4.78, 5) is 22.9. The van der Waals surface area contributed by atoms with Crippen molar-refractivity contribution in [1.82, 2.24) is 34.5 Å². The van der Waals surface area contributed by atoms with Gasteiger partial charge in [0.15, 0.2) is 11.5 Å². The standard InChI is InChI=1S/C25H24N8O2/c1-31(25-19-9-11-35-15-21(19)28-29-25)24-20-14-33(30-23(20)26-16-27-24)13-18-7-5-17(6-8-18)12-32-10-3-2-4-22(32)34/h2-8,10,14,16H,9,11-13,15H2,1H3,(H,28,29). The van der Waals surface area contributed by atoms with E-state index in [2.05, 4.69) is 37.4 Å². The van der Waals surface area contributed by atoms with Crippen molar-refractivity contribution in [2.45, 2.75) is 26.1 Å². The summed E-state index contributed by atoms with van der Waals surface area (Å²) >= 11 is 0. The maximum atomic E-state index is 12.0. The van der Waals surface area contributed by atoms with Crippen molar-refractivity contribution in [3.63, 3.8) is 0 Å². The number of benzene rings is 1. The first-order valence-corrected chi connectivity index (χ1v) is 11.4. The normalized spacial score (nSPS) is 13.2. The summed E-state index contributed by atoms with van der Waals surface area (Å²) in [7, 11) is 1.96. The van der Waals surface area contributed by atoms with E-state index in [9.17, 15) is 4.79 Å². The molecule has 0 aliphatic carbocycles. The van der Waals surface area contributed by atoms with E-state index < -0.39 is 0 Å². The number of fused-ring (bicyclic) bond motifs is 2. The van der Waals surface area contributed by atoms with Crippen molar-refractivity contribution >= 4 is 22.7 Å². The fourth-order valence-corrected chi connectivity index (χ4v) is 4.44. The van der Waals surface area contributed by atoms with E-state index in [1.165, 1.54) is 6.33 Å². The van der Waals surface area contributed by atoms with Crippen LogP contribution in [0, 0.1) is 0 Å². The minimum absolute atomic E-state index is 0.00891. The molecule has 1 aromatic carbocycles.